The highest BCUT2D eigenvalue weighted by molar-refractivity contribution is 9.10. The van der Waals surface area contributed by atoms with Gasteiger partial charge in [0.15, 0.2) is 0 Å². The maximum Gasteiger partial charge on any atom is 0.137 e. The predicted octanol–water partition coefficient (Wildman–Crippen LogP) is 2.48. The molecule has 1 rings (SSSR count). The summed E-state index contributed by atoms with van der Waals surface area (Å²) in [6.45, 7) is 0. The molecule has 0 saturated carbocycles. The first-order valence-corrected chi connectivity index (χ1v) is 4.57. The van der Waals surface area contributed by atoms with Crippen molar-refractivity contribution in [3.05, 3.63) is 34.1 Å². The van der Waals surface area contributed by atoms with Crippen LogP contribution in [0.1, 0.15) is 11.6 Å². The second-order valence-electron chi connectivity index (χ2n) is 2.53. The molecule has 1 nitrogen and oxygen atoms in total. The van der Waals surface area contributed by atoms with Crippen LogP contribution in [0.25, 0.3) is 0 Å². The highest BCUT2D eigenvalue weighted by Gasteiger charge is 2.11. The summed E-state index contributed by atoms with van der Waals surface area (Å²) in [7, 11) is 1.74. The highest BCUT2D eigenvalue weighted by Crippen LogP contribution is 2.25. The molecule has 0 spiro atoms. The maximum absolute atomic E-state index is 13.1. The zero-order valence-corrected chi connectivity index (χ0v) is 8.73. The molecule has 0 saturated heterocycles. The molecule has 1 aromatic carbocycles. The van der Waals surface area contributed by atoms with E-state index in [2.05, 4.69) is 27.2 Å². The molecule has 0 radical (unpaired) electrons. The smallest absolute Gasteiger partial charge is 0.137 e. The van der Waals surface area contributed by atoms with Crippen molar-refractivity contribution in [1.29, 1.82) is 0 Å². The quantitative estimate of drug-likeness (QED) is 0.785. The predicted molar refractivity (Wildman–Crippen MR) is 54.7 cm³/mol. The molecule has 0 heterocycles. The van der Waals surface area contributed by atoms with Gasteiger partial charge in [-0.15, -0.1) is 6.42 Å². The molecule has 0 aliphatic rings. The third-order valence-electron chi connectivity index (χ3n) is 1.75. The number of halogens is 2. The fraction of sp³-hybridized carbons (Fsp3) is 0.200. The monoisotopic (exact) mass is 241 g/mol. The van der Waals surface area contributed by atoms with Gasteiger partial charge in [0.05, 0.1) is 10.5 Å². The summed E-state index contributed by atoms with van der Waals surface area (Å²) in [6, 6.07) is 4.55. The number of hydrogen-bond donors (Lipinski definition) is 1. The van der Waals surface area contributed by atoms with Crippen LogP contribution in [-0.2, 0) is 0 Å². The van der Waals surface area contributed by atoms with E-state index in [1.807, 2.05) is 0 Å². The molecule has 0 aliphatic heterocycles. The van der Waals surface area contributed by atoms with Crippen molar-refractivity contribution >= 4 is 15.9 Å². The fourth-order valence-corrected chi connectivity index (χ4v) is 1.57. The van der Waals surface area contributed by atoms with Gasteiger partial charge in [-0.05, 0) is 34.6 Å². The highest BCUT2D eigenvalue weighted by atomic mass is 79.9. The van der Waals surface area contributed by atoms with Crippen molar-refractivity contribution in [1.82, 2.24) is 5.32 Å². The minimum absolute atomic E-state index is 0.259. The molecule has 13 heavy (non-hydrogen) atoms. The lowest BCUT2D eigenvalue weighted by molar-refractivity contribution is 0.612. The van der Waals surface area contributed by atoms with Gasteiger partial charge < -0.3 is 5.32 Å². The third kappa shape index (κ3) is 2.09. The second-order valence-corrected chi connectivity index (χ2v) is 3.32. The minimum atomic E-state index is -0.298. The zero-order valence-electron chi connectivity index (χ0n) is 7.14. The number of benzene rings is 1. The Labute approximate surface area is 85.5 Å². The van der Waals surface area contributed by atoms with Crippen LogP contribution in [0.3, 0.4) is 0 Å². The molecule has 3 heteroatoms. The van der Waals surface area contributed by atoms with Gasteiger partial charge in [0.2, 0.25) is 0 Å². The molecule has 1 atom stereocenters. The number of rotatable bonds is 2. The van der Waals surface area contributed by atoms with E-state index in [1.165, 1.54) is 6.07 Å². The van der Waals surface area contributed by atoms with Crippen molar-refractivity contribution in [2.45, 2.75) is 6.04 Å². The Hall–Kier alpha value is -0.850. The van der Waals surface area contributed by atoms with Gasteiger partial charge in [-0.3, -0.25) is 0 Å². The van der Waals surface area contributed by atoms with Gasteiger partial charge >= 0.3 is 0 Å². The fourth-order valence-electron chi connectivity index (χ4n) is 1.07. The molecular formula is C10H9BrFN. The first kappa shape index (κ1) is 10.2. The lowest BCUT2D eigenvalue weighted by Gasteiger charge is -2.11. The van der Waals surface area contributed by atoms with Gasteiger partial charge in [-0.2, -0.15) is 0 Å². The summed E-state index contributed by atoms with van der Waals surface area (Å²) in [5, 5.41) is 2.90. The van der Waals surface area contributed by atoms with Gasteiger partial charge in [-0.1, -0.05) is 18.1 Å². The van der Waals surface area contributed by atoms with E-state index >= 15 is 0 Å². The summed E-state index contributed by atoms with van der Waals surface area (Å²) in [5.74, 6) is 2.23. The average Bonchev–Trinajstić information content (AvgIpc) is 2.14. The van der Waals surface area contributed by atoms with E-state index in [-0.39, 0.29) is 11.9 Å². The molecule has 1 unspecified atom stereocenters. The Morgan fingerprint density at radius 1 is 1.62 bits per heavy atom. The SMILES string of the molecule is C#CC(NC)c1cccc(F)c1Br. The lowest BCUT2D eigenvalue weighted by Crippen LogP contribution is -2.14. The largest absolute Gasteiger partial charge is 0.303 e. The Bertz CT molecular complexity index is 343. The Morgan fingerprint density at radius 3 is 2.85 bits per heavy atom. The van der Waals surface area contributed by atoms with Crippen molar-refractivity contribution in [2.75, 3.05) is 7.05 Å². The first-order valence-electron chi connectivity index (χ1n) is 3.78. The van der Waals surface area contributed by atoms with Crippen LogP contribution in [0, 0.1) is 18.2 Å². The molecule has 0 aliphatic carbocycles. The summed E-state index contributed by atoms with van der Waals surface area (Å²) < 4.78 is 13.5. The second kappa shape index (κ2) is 4.40. The summed E-state index contributed by atoms with van der Waals surface area (Å²) >= 11 is 3.15. The molecule has 0 aromatic heterocycles. The van der Waals surface area contributed by atoms with Crippen molar-refractivity contribution in [2.24, 2.45) is 0 Å². The van der Waals surface area contributed by atoms with Crippen molar-refractivity contribution in [3.8, 4) is 12.3 Å². The Morgan fingerprint density at radius 2 is 2.31 bits per heavy atom. The average molecular weight is 242 g/mol. The maximum atomic E-state index is 13.1. The van der Waals surface area contributed by atoms with E-state index in [0.29, 0.717) is 4.47 Å². The molecule has 1 N–H and O–H groups in total. The van der Waals surface area contributed by atoms with E-state index in [1.54, 1.807) is 19.2 Å². The standard InChI is InChI=1S/C10H9BrFN/c1-3-9(13-2)7-5-4-6-8(12)10(7)11/h1,4-6,9,13H,2H3. The van der Waals surface area contributed by atoms with Gasteiger partial charge in [0.1, 0.15) is 5.82 Å². The Kier molecular flexibility index (Phi) is 3.47. The van der Waals surface area contributed by atoms with E-state index < -0.39 is 0 Å². The van der Waals surface area contributed by atoms with Crippen LogP contribution < -0.4 is 5.32 Å². The van der Waals surface area contributed by atoms with Gasteiger partial charge in [0, 0.05) is 0 Å². The van der Waals surface area contributed by atoms with Gasteiger partial charge in [-0.25, -0.2) is 4.39 Å². The van der Waals surface area contributed by atoms with Crippen LogP contribution in [0.4, 0.5) is 4.39 Å². The molecule has 0 bridgehead atoms. The van der Waals surface area contributed by atoms with Crippen LogP contribution in [0.15, 0.2) is 22.7 Å². The minimum Gasteiger partial charge on any atom is -0.303 e. The molecule has 0 fully saturated rings. The number of terminal acetylenes is 1. The van der Waals surface area contributed by atoms with Crippen LogP contribution in [0.2, 0.25) is 0 Å². The van der Waals surface area contributed by atoms with Crippen LogP contribution in [-0.4, -0.2) is 7.05 Å². The zero-order chi connectivity index (χ0) is 9.84. The Balaban J connectivity index is 3.15. The molecule has 68 valence electrons. The summed E-state index contributed by atoms with van der Waals surface area (Å²) in [4.78, 5) is 0. The number of hydrogen-bond acceptors (Lipinski definition) is 1. The summed E-state index contributed by atoms with van der Waals surface area (Å²) in [6.07, 6.45) is 5.28. The van der Waals surface area contributed by atoms with Crippen LogP contribution in [0.5, 0.6) is 0 Å². The van der Waals surface area contributed by atoms with E-state index in [9.17, 15) is 4.39 Å². The molecular weight excluding hydrogens is 233 g/mol. The normalized spacial score (nSPS) is 12.2. The summed E-state index contributed by atoms with van der Waals surface area (Å²) in [5.41, 5.74) is 0.741. The van der Waals surface area contributed by atoms with Crippen molar-refractivity contribution < 1.29 is 4.39 Å². The van der Waals surface area contributed by atoms with E-state index in [4.69, 9.17) is 6.42 Å². The topological polar surface area (TPSA) is 12.0 Å². The van der Waals surface area contributed by atoms with E-state index in [0.717, 1.165) is 5.56 Å². The molecule has 0 amide bonds. The van der Waals surface area contributed by atoms with Crippen molar-refractivity contribution in [3.63, 3.8) is 0 Å². The first-order chi connectivity index (χ1) is 6.20. The van der Waals surface area contributed by atoms with Crippen LogP contribution >= 0.6 is 15.9 Å². The third-order valence-corrected chi connectivity index (χ3v) is 2.58. The molecule has 1 aromatic rings. The van der Waals surface area contributed by atoms with Gasteiger partial charge in [0.25, 0.3) is 0 Å². The lowest BCUT2D eigenvalue weighted by atomic mass is 10.1. The number of nitrogens with one attached hydrogen (secondary N) is 1.